The number of nitro benzene ring substituents is 1. The molecule has 0 bridgehead atoms. The Morgan fingerprint density at radius 2 is 2.00 bits per heavy atom. The third-order valence-electron chi connectivity index (χ3n) is 1.02. The van der Waals surface area contributed by atoms with E-state index in [-0.39, 0.29) is 5.69 Å². The van der Waals surface area contributed by atoms with Crippen molar-refractivity contribution in [3.63, 3.8) is 0 Å². The second kappa shape index (κ2) is 5.71. The van der Waals surface area contributed by atoms with Gasteiger partial charge in [0.2, 0.25) is 0 Å². The van der Waals surface area contributed by atoms with Gasteiger partial charge in [0.25, 0.3) is 5.69 Å². The second-order valence-electron chi connectivity index (χ2n) is 1.74. The minimum Gasteiger partial charge on any atom is -0.258 e. The molecule has 0 aliphatic rings. The van der Waals surface area contributed by atoms with Gasteiger partial charge in [0.05, 0.1) is 4.92 Å². The van der Waals surface area contributed by atoms with Gasteiger partial charge in [0, 0.05) is 16.6 Å². The van der Waals surface area contributed by atoms with Gasteiger partial charge >= 0.3 is 0 Å². The van der Waals surface area contributed by atoms with E-state index < -0.39 is 4.92 Å². The zero-order valence-corrected chi connectivity index (χ0v) is 8.54. The summed E-state index contributed by atoms with van der Waals surface area (Å²) in [6.45, 7) is 4.00. The van der Waals surface area contributed by atoms with Gasteiger partial charge in [0.1, 0.15) is 0 Å². The Balaban J connectivity index is 0.000000561. The molecule has 0 N–H and O–H groups in total. The maximum absolute atomic E-state index is 10.1. The van der Waals surface area contributed by atoms with Crippen LogP contribution in [0.4, 0.5) is 5.69 Å². The van der Waals surface area contributed by atoms with Crippen LogP contribution in [0.15, 0.2) is 28.7 Å². The number of benzene rings is 1. The van der Waals surface area contributed by atoms with E-state index in [9.17, 15) is 10.1 Å². The Hall–Kier alpha value is -0.900. The number of halogens is 1. The van der Waals surface area contributed by atoms with Crippen LogP contribution in [0.3, 0.4) is 0 Å². The lowest BCUT2D eigenvalue weighted by atomic mass is 10.3. The van der Waals surface area contributed by atoms with E-state index in [1.54, 1.807) is 12.1 Å². The van der Waals surface area contributed by atoms with Gasteiger partial charge in [-0.1, -0.05) is 35.8 Å². The molecule has 0 radical (unpaired) electrons. The average Bonchev–Trinajstić information content (AvgIpc) is 2.08. The first-order valence-electron chi connectivity index (χ1n) is 3.60. The van der Waals surface area contributed by atoms with E-state index in [1.165, 1.54) is 12.1 Å². The van der Waals surface area contributed by atoms with E-state index in [1.807, 2.05) is 13.8 Å². The molecule has 4 heteroatoms. The summed E-state index contributed by atoms with van der Waals surface area (Å²) in [6.07, 6.45) is 0. The van der Waals surface area contributed by atoms with Crippen LogP contribution in [0, 0.1) is 10.1 Å². The molecule has 0 aliphatic heterocycles. The van der Waals surface area contributed by atoms with Crippen molar-refractivity contribution in [3.05, 3.63) is 38.9 Å². The Bertz CT molecular complexity index is 263. The van der Waals surface area contributed by atoms with Crippen molar-refractivity contribution >= 4 is 21.6 Å². The van der Waals surface area contributed by atoms with Crippen molar-refractivity contribution in [1.82, 2.24) is 0 Å². The van der Waals surface area contributed by atoms with Crippen molar-refractivity contribution in [1.29, 1.82) is 0 Å². The van der Waals surface area contributed by atoms with Gasteiger partial charge in [-0.15, -0.1) is 0 Å². The quantitative estimate of drug-likeness (QED) is 0.550. The molecular weight excluding hydrogens is 222 g/mol. The predicted octanol–water partition coefficient (Wildman–Crippen LogP) is 3.38. The summed E-state index contributed by atoms with van der Waals surface area (Å²) in [6, 6.07) is 6.28. The fourth-order valence-corrected chi connectivity index (χ4v) is 0.977. The minimum absolute atomic E-state index is 0.106. The number of hydrogen-bond acceptors (Lipinski definition) is 2. The van der Waals surface area contributed by atoms with Crippen molar-refractivity contribution in [2.24, 2.45) is 0 Å². The normalized spacial score (nSPS) is 8.25. The summed E-state index contributed by atoms with van der Waals surface area (Å²) in [7, 11) is 0. The van der Waals surface area contributed by atoms with Gasteiger partial charge in [0.15, 0.2) is 0 Å². The number of nitrogens with zero attached hydrogens (tertiary/aromatic N) is 1. The first-order chi connectivity index (χ1) is 5.70. The molecule has 0 aliphatic carbocycles. The molecule has 1 rings (SSSR count). The minimum atomic E-state index is -0.426. The molecule has 0 aromatic heterocycles. The molecule has 0 heterocycles. The van der Waals surface area contributed by atoms with E-state index in [4.69, 9.17) is 0 Å². The van der Waals surface area contributed by atoms with Crippen molar-refractivity contribution < 1.29 is 4.92 Å². The first kappa shape index (κ1) is 11.1. The molecular formula is C8H10BrNO2. The van der Waals surface area contributed by atoms with Crippen LogP contribution in [-0.2, 0) is 0 Å². The fourth-order valence-electron chi connectivity index (χ4n) is 0.590. The SMILES string of the molecule is CC.O=[N+]([O-])c1cccc(Br)c1. The van der Waals surface area contributed by atoms with Crippen LogP contribution >= 0.6 is 15.9 Å². The molecule has 0 unspecified atom stereocenters. The molecule has 12 heavy (non-hydrogen) atoms. The standard InChI is InChI=1S/C6H4BrNO2.C2H6/c7-5-2-1-3-6(4-5)8(9)10;1-2/h1-4H;1-2H3. The Kier molecular flexibility index (Phi) is 5.28. The molecule has 1 aromatic carbocycles. The van der Waals surface area contributed by atoms with Gasteiger partial charge in [-0.2, -0.15) is 0 Å². The van der Waals surface area contributed by atoms with Gasteiger partial charge in [-0.3, -0.25) is 10.1 Å². The number of hydrogen-bond donors (Lipinski definition) is 0. The summed E-state index contributed by atoms with van der Waals surface area (Å²) in [5.41, 5.74) is 0.106. The highest BCUT2D eigenvalue weighted by atomic mass is 79.9. The van der Waals surface area contributed by atoms with E-state index in [0.29, 0.717) is 0 Å². The van der Waals surface area contributed by atoms with Crippen LogP contribution in [0.5, 0.6) is 0 Å². The molecule has 0 saturated heterocycles. The molecule has 1 aromatic rings. The summed E-state index contributed by atoms with van der Waals surface area (Å²) in [5, 5.41) is 10.1. The summed E-state index contributed by atoms with van der Waals surface area (Å²) in [5.74, 6) is 0. The van der Waals surface area contributed by atoms with Gasteiger partial charge < -0.3 is 0 Å². The highest BCUT2D eigenvalue weighted by molar-refractivity contribution is 9.10. The fraction of sp³-hybridized carbons (Fsp3) is 0.250. The van der Waals surface area contributed by atoms with E-state index >= 15 is 0 Å². The third kappa shape index (κ3) is 3.48. The zero-order valence-electron chi connectivity index (χ0n) is 6.95. The lowest BCUT2D eigenvalue weighted by Crippen LogP contribution is -1.85. The first-order valence-corrected chi connectivity index (χ1v) is 4.39. The monoisotopic (exact) mass is 231 g/mol. The van der Waals surface area contributed by atoms with Crippen molar-refractivity contribution in [2.45, 2.75) is 13.8 Å². The smallest absolute Gasteiger partial charge is 0.258 e. The van der Waals surface area contributed by atoms with Gasteiger partial charge in [-0.25, -0.2) is 0 Å². The second-order valence-corrected chi connectivity index (χ2v) is 2.65. The van der Waals surface area contributed by atoms with Crippen LogP contribution in [-0.4, -0.2) is 4.92 Å². The van der Waals surface area contributed by atoms with Gasteiger partial charge in [-0.05, 0) is 6.07 Å². The molecule has 3 nitrogen and oxygen atoms in total. The predicted molar refractivity (Wildman–Crippen MR) is 52.1 cm³/mol. The maximum Gasteiger partial charge on any atom is 0.270 e. The zero-order chi connectivity index (χ0) is 9.56. The highest BCUT2D eigenvalue weighted by Gasteiger charge is 2.02. The Morgan fingerprint density at radius 3 is 2.33 bits per heavy atom. The summed E-state index contributed by atoms with van der Waals surface area (Å²) >= 11 is 3.13. The number of nitro groups is 1. The van der Waals surface area contributed by atoms with E-state index in [2.05, 4.69) is 15.9 Å². The lowest BCUT2D eigenvalue weighted by molar-refractivity contribution is -0.384. The lowest BCUT2D eigenvalue weighted by Gasteiger charge is -1.89. The molecule has 0 fully saturated rings. The number of rotatable bonds is 1. The van der Waals surface area contributed by atoms with Crippen LogP contribution in [0.1, 0.15) is 13.8 Å². The topological polar surface area (TPSA) is 43.1 Å². The largest absolute Gasteiger partial charge is 0.270 e. The highest BCUT2D eigenvalue weighted by Crippen LogP contribution is 2.16. The molecule has 66 valence electrons. The third-order valence-corrected chi connectivity index (χ3v) is 1.51. The number of non-ortho nitro benzene ring substituents is 1. The van der Waals surface area contributed by atoms with Crippen molar-refractivity contribution in [3.8, 4) is 0 Å². The molecule has 0 atom stereocenters. The maximum atomic E-state index is 10.1. The molecule has 0 spiro atoms. The Labute approximate surface area is 79.7 Å². The summed E-state index contributed by atoms with van der Waals surface area (Å²) in [4.78, 5) is 9.71. The average molecular weight is 232 g/mol. The van der Waals surface area contributed by atoms with Crippen LogP contribution in [0.2, 0.25) is 0 Å². The van der Waals surface area contributed by atoms with Crippen LogP contribution < -0.4 is 0 Å². The van der Waals surface area contributed by atoms with E-state index in [0.717, 1.165) is 4.47 Å². The molecule has 0 saturated carbocycles. The Morgan fingerprint density at radius 1 is 1.42 bits per heavy atom. The molecule has 0 amide bonds. The van der Waals surface area contributed by atoms with Crippen LogP contribution in [0.25, 0.3) is 0 Å². The van der Waals surface area contributed by atoms with Crippen molar-refractivity contribution in [2.75, 3.05) is 0 Å². The summed E-state index contributed by atoms with van der Waals surface area (Å²) < 4.78 is 0.724.